The van der Waals surface area contributed by atoms with Gasteiger partial charge in [-0.2, -0.15) is 13.2 Å². The van der Waals surface area contributed by atoms with Crippen LogP contribution in [0.15, 0.2) is 48.5 Å². The highest BCUT2D eigenvalue weighted by Gasteiger charge is 2.42. The molecule has 0 unspecified atom stereocenters. The zero-order valence-electron chi connectivity index (χ0n) is 15.9. The standard InChI is InChI=1S/C22H23F3O3/c1-15(2)21(12-6-7-13-21)28-19-14-16(10-11-18(19)22(23,24)25)20(26)27-17-8-4-3-5-9-17/h3-5,8-11,14-15H,6-7,12-13H2,1-2H3. The summed E-state index contributed by atoms with van der Waals surface area (Å²) < 4.78 is 51.8. The van der Waals surface area contributed by atoms with Crippen LogP contribution < -0.4 is 9.47 Å². The van der Waals surface area contributed by atoms with Crippen LogP contribution in [0.2, 0.25) is 0 Å². The summed E-state index contributed by atoms with van der Waals surface area (Å²) in [5, 5.41) is 0. The fourth-order valence-electron chi connectivity index (χ4n) is 3.61. The molecule has 0 spiro atoms. The third kappa shape index (κ3) is 4.32. The first kappa shape index (κ1) is 20.2. The van der Waals surface area contributed by atoms with Crippen molar-refractivity contribution in [1.82, 2.24) is 0 Å². The van der Waals surface area contributed by atoms with E-state index in [9.17, 15) is 18.0 Å². The van der Waals surface area contributed by atoms with Gasteiger partial charge in [0.1, 0.15) is 17.1 Å². The van der Waals surface area contributed by atoms with Gasteiger partial charge in [0.05, 0.1) is 11.1 Å². The van der Waals surface area contributed by atoms with Crippen LogP contribution in [0.1, 0.15) is 55.5 Å². The lowest BCUT2D eigenvalue weighted by Crippen LogP contribution is -2.39. The minimum absolute atomic E-state index is 0.0174. The molecule has 0 radical (unpaired) electrons. The Bertz CT molecular complexity index is 823. The van der Waals surface area contributed by atoms with Gasteiger partial charge in [0, 0.05) is 0 Å². The van der Waals surface area contributed by atoms with Crippen molar-refractivity contribution in [2.75, 3.05) is 0 Å². The first-order chi connectivity index (χ1) is 13.2. The van der Waals surface area contributed by atoms with E-state index in [0.29, 0.717) is 18.6 Å². The number of benzene rings is 2. The number of ether oxygens (including phenoxy) is 2. The molecule has 0 N–H and O–H groups in total. The van der Waals surface area contributed by atoms with Gasteiger partial charge in [-0.1, -0.05) is 32.0 Å². The van der Waals surface area contributed by atoms with Crippen LogP contribution in [0.3, 0.4) is 0 Å². The van der Waals surface area contributed by atoms with Crippen LogP contribution in [0, 0.1) is 5.92 Å². The van der Waals surface area contributed by atoms with Crippen molar-refractivity contribution in [3.8, 4) is 11.5 Å². The molecule has 6 heteroatoms. The maximum Gasteiger partial charge on any atom is 0.419 e. The molecule has 1 fully saturated rings. The fraction of sp³-hybridized carbons (Fsp3) is 0.409. The van der Waals surface area contributed by atoms with Crippen molar-refractivity contribution in [2.45, 2.75) is 51.3 Å². The predicted octanol–water partition coefficient (Wildman–Crippen LogP) is 6.27. The van der Waals surface area contributed by atoms with Gasteiger partial charge in [-0.15, -0.1) is 0 Å². The molecule has 0 heterocycles. The fourth-order valence-corrected chi connectivity index (χ4v) is 3.61. The summed E-state index contributed by atoms with van der Waals surface area (Å²) in [7, 11) is 0. The highest BCUT2D eigenvalue weighted by molar-refractivity contribution is 5.91. The Morgan fingerprint density at radius 2 is 1.68 bits per heavy atom. The van der Waals surface area contributed by atoms with E-state index in [0.717, 1.165) is 31.0 Å². The monoisotopic (exact) mass is 392 g/mol. The topological polar surface area (TPSA) is 35.5 Å². The highest BCUT2D eigenvalue weighted by atomic mass is 19.4. The molecule has 3 nitrogen and oxygen atoms in total. The smallest absolute Gasteiger partial charge is 0.419 e. The first-order valence-corrected chi connectivity index (χ1v) is 9.39. The number of hydrogen-bond donors (Lipinski definition) is 0. The molecule has 0 bridgehead atoms. The lowest BCUT2D eigenvalue weighted by atomic mass is 9.88. The van der Waals surface area contributed by atoms with E-state index in [-0.39, 0.29) is 17.2 Å². The Labute approximate surface area is 162 Å². The summed E-state index contributed by atoms with van der Waals surface area (Å²) in [6.45, 7) is 3.90. The van der Waals surface area contributed by atoms with Gasteiger partial charge in [0.15, 0.2) is 0 Å². The minimum Gasteiger partial charge on any atom is -0.486 e. The van der Waals surface area contributed by atoms with E-state index in [1.54, 1.807) is 30.3 Å². The lowest BCUT2D eigenvalue weighted by molar-refractivity contribution is -0.140. The van der Waals surface area contributed by atoms with Crippen LogP contribution >= 0.6 is 0 Å². The van der Waals surface area contributed by atoms with Crippen LogP contribution in [0.25, 0.3) is 0 Å². The van der Waals surface area contributed by atoms with Crippen molar-refractivity contribution in [1.29, 1.82) is 0 Å². The molecule has 0 atom stereocenters. The highest BCUT2D eigenvalue weighted by Crippen LogP contribution is 2.44. The second kappa shape index (κ2) is 7.86. The van der Waals surface area contributed by atoms with Crippen LogP contribution in [0.4, 0.5) is 13.2 Å². The Morgan fingerprint density at radius 3 is 2.25 bits per heavy atom. The molecule has 28 heavy (non-hydrogen) atoms. The van der Waals surface area contributed by atoms with E-state index in [2.05, 4.69) is 0 Å². The van der Waals surface area contributed by atoms with Crippen molar-refractivity contribution in [2.24, 2.45) is 5.92 Å². The maximum absolute atomic E-state index is 13.5. The molecule has 2 aromatic carbocycles. The quantitative estimate of drug-likeness (QED) is 0.444. The van der Waals surface area contributed by atoms with E-state index < -0.39 is 23.3 Å². The molecule has 0 aliphatic heterocycles. The minimum atomic E-state index is -4.58. The molecule has 3 rings (SSSR count). The van der Waals surface area contributed by atoms with Gasteiger partial charge in [0.2, 0.25) is 0 Å². The van der Waals surface area contributed by atoms with Crippen molar-refractivity contribution < 1.29 is 27.4 Å². The number of halogens is 3. The number of para-hydroxylation sites is 1. The average molecular weight is 392 g/mol. The van der Waals surface area contributed by atoms with Gasteiger partial charge in [-0.25, -0.2) is 4.79 Å². The summed E-state index contributed by atoms with van der Waals surface area (Å²) in [5.74, 6) is -0.666. The maximum atomic E-state index is 13.5. The Kier molecular flexibility index (Phi) is 5.68. The molecular formula is C22H23F3O3. The van der Waals surface area contributed by atoms with E-state index >= 15 is 0 Å². The number of alkyl halides is 3. The number of hydrogen-bond acceptors (Lipinski definition) is 3. The summed E-state index contributed by atoms with van der Waals surface area (Å²) in [6.07, 6.45) is -1.36. The van der Waals surface area contributed by atoms with Gasteiger partial charge >= 0.3 is 12.1 Å². The molecule has 1 aliphatic carbocycles. The van der Waals surface area contributed by atoms with Crippen molar-refractivity contribution in [3.05, 3.63) is 59.7 Å². The second-order valence-corrected chi connectivity index (χ2v) is 7.44. The van der Waals surface area contributed by atoms with Crippen LogP contribution in [0.5, 0.6) is 11.5 Å². The number of carbonyl (C=O) groups excluding carboxylic acids is 1. The normalized spacial score (nSPS) is 16.2. The summed E-state index contributed by atoms with van der Waals surface area (Å²) in [6, 6.07) is 11.5. The summed E-state index contributed by atoms with van der Waals surface area (Å²) >= 11 is 0. The summed E-state index contributed by atoms with van der Waals surface area (Å²) in [5.41, 5.74) is -1.51. The SMILES string of the molecule is CC(C)C1(Oc2cc(C(=O)Oc3ccccc3)ccc2C(F)(F)F)CCCC1. The molecule has 0 saturated heterocycles. The van der Waals surface area contributed by atoms with Crippen LogP contribution in [-0.4, -0.2) is 11.6 Å². The van der Waals surface area contributed by atoms with E-state index in [1.165, 1.54) is 0 Å². The van der Waals surface area contributed by atoms with Gasteiger partial charge in [0.25, 0.3) is 0 Å². The molecular weight excluding hydrogens is 369 g/mol. The third-order valence-corrected chi connectivity index (χ3v) is 5.29. The van der Waals surface area contributed by atoms with E-state index in [1.807, 2.05) is 13.8 Å². The lowest BCUT2D eigenvalue weighted by Gasteiger charge is -2.35. The van der Waals surface area contributed by atoms with Crippen molar-refractivity contribution in [3.63, 3.8) is 0 Å². The first-order valence-electron chi connectivity index (χ1n) is 9.39. The Hall–Kier alpha value is -2.50. The predicted molar refractivity (Wildman–Crippen MR) is 99.5 cm³/mol. The van der Waals surface area contributed by atoms with Gasteiger partial charge < -0.3 is 9.47 Å². The van der Waals surface area contributed by atoms with Gasteiger partial charge in [-0.3, -0.25) is 0 Å². The Balaban J connectivity index is 1.94. The molecule has 0 amide bonds. The zero-order chi connectivity index (χ0) is 20.4. The third-order valence-electron chi connectivity index (χ3n) is 5.29. The molecule has 2 aromatic rings. The number of esters is 1. The largest absolute Gasteiger partial charge is 0.486 e. The van der Waals surface area contributed by atoms with E-state index in [4.69, 9.17) is 9.47 Å². The zero-order valence-corrected chi connectivity index (χ0v) is 15.9. The number of rotatable bonds is 5. The van der Waals surface area contributed by atoms with Crippen LogP contribution in [-0.2, 0) is 6.18 Å². The summed E-state index contributed by atoms with van der Waals surface area (Å²) in [4.78, 5) is 12.4. The molecule has 1 saturated carbocycles. The average Bonchev–Trinajstić information content (AvgIpc) is 3.11. The molecule has 150 valence electrons. The number of carbonyl (C=O) groups is 1. The second-order valence-electron chi connectivity index (χ2n) is 7.44. The molecule has 0 aromatic heterocycles. The van der Waals surface area contributed by atoms with Crippen molar-refractivity contribution >= 4 is 5.97 Å². The Morgan fingerprint density at radius 1 is 1.04 bits per heavy atom. The van der Waals surface area contributed by atoms with Gasteiger partial charge in [-0.05, 0) is 61.9 Å². The molecule has 1 aliphatic rings.